The van der Waals surface area contributed by atoms with Crippen molar-refractivity contribution in [3.05, 3.63) is 11.9 Å². The number of hydrogen-bond donors (Lipinski definition) is 0. The van der Waals surface area contributed by atoms with Gasteiger partial charge >= 0.3 is 0 Å². The Morgan fingerprint density at radius 3 is 2.92 bits per heavy atom. The highest BCUT2D eigenvalue weighted by atomic mass is 79.9. The summed E-state index contributed by atoms with van der Waals surface area (Å²) in [4.78, 5) is 0.299. The van der Waals surface area contributed by atoms with Gasteiger partial charge in [-0.3, -0.25) is 4.68 Å². The van der Waals surface area contributed by atoms with Gasteiger partial charge in [0, 0.05) is 12.7 Å². The quantitative estimate of drug-likeness (QED) is 0.747. The van der Waals surface area contributed by atoms with Gasteiger partial charge in [-0.15, -0.1) is 5.10 Å². The lowest BCUT2D eigenvalue weighted by atomic mass is 10.3. The molecule has 0 radical (unpaired) electrons. The van der Waals surface area contributed by atoms with Crippen LogP contribution in [0.4, 0.5) is 0 Å². The molecule has 1 rings (SSSR count). The van der Waals surface area contributed by atoms with Crippen molar-refractivity contribution < 1.29 is 0 Å². The summed E-state index contributed by atoms with van der Waals surface area (Å²) < 4.78 is 1.90. The van der Waals surface area contributed by atoms with E-state index in [9.17, 15) is 0 Å². The highest BCUT2D eigenvalue weighted by Crippen LogP contribution is 2.17. The van der Waals surface area contributed by atoms with Crippen LogP contribution in [0, 0.1) is 0 Å². The first-order chi connectivity index (χ1) is 5.74. The number of halogens is 1. The second-order valence-electron chi connectivity index (χ2n) is 2.88. The van der Waals surface area contributed by atoms with Crippen LogP contribution in [0.2, 0.25) is 0 Å². The van der Waals surface area contributed by atoms with Crippen molar-refractivity contribution in [2.24, 2.45) is 0 Å². The summed E-state index contributed by atoms with van der Waals surface area (Å²) in [7, 11) is 0. The van der Waals surface area contributed by atoms with Crippen molar-refractivity contribution >= 4 is 15.9 Å². The number of hydrogen-bond acceptors (Lipinski definition) is 2. The summed E-state index contributed by atoms with van der Waals surface area (Å²) in [6, 6.07) is 0. The van der Waals surface area contributed by atoms with Crippen LogP contribution in [-0.4, -0.2) is 15.0 Å². The molecule has 0 bridgehead atoms. The van der Waals surface area contributed by atoms with Gasteiger partial charge in [0.25, 0.3) is 0 Å². The summed E-state index contributed by atoms with van der Waals surface area (Å²) in [5.74, 6) is 0. The highest BCUT2D eigenvalue weighted by Gasteiger charge is 2.04. The maximum atomic E-state index is 4.03. The van der Waals surface area contributed by atoms with Gasteiger partial charge in [-0.25, -0.2) is 0 Å². The Morgan fingerprint density at radius 2 is 2.42 bits per heavy atom. The minimum Gasteiger partial charge on any atom is -0.252 e. The van der Waals surface area contributed by atoms with Crippen molar-refractivity contribution in [1.82, 2.24) is 15.0 Å². The second kappa shape index (κ2) is 4.60. The molecule has 68 valence electrons. The molecule has 3 nitrogen and oxygen atoms in total. The minimum atomic E-state index is 0.299. The molecule has 1 atom stereocenters. The maximum Gasteiger partial charge on any atom is 0.0960 e. The molecule has 0 aliphatic rings. The van der Waals surface area contributed by atoms with Crippen LogP contribution in [0.15, 0.2) is 6.20 Å². The summed E-state index contributed by atoms with van der Waals surface area (Å²) in [5, 5.41) is 8.05. The Balaban J connectivity index is 2.52. The molecule has 1 aromatic rings. The summed E-state index contributed by atoms with van der Waals surface area (Å²) in [5.41, 5.74) is 1.01. The molecule has 0 amide bonds. The molecule has 1 heterocycles. The second-order valence-corrected chi connectivity index (χ2v) is 4.25. The van der Waals surface area contributed by atoms with Crippen LogP contribution in [0.1, 0.15) is 37.2 Å². The number of alkyl halides is 1. The number of unbranched alkanes of at least 4 members (excludes halogenated alkanes) is 1. The molecule has 0 spiro atoms. The zero-order valence-corrected chi connectivity index (χ0v) is 9.08. The third-order valence-corrected chi connectivity index (χ3v) is 2.17. The van der Waals surface area contributed by atoms with Gasteiger partial charge in [0.1, 0.15) is 0 Å². The lowest BCUT2D eigenvalue weighted by Gasteiger charge is -1.96. The van der Waals surface area contributed by atoms with E-state index in [0.29, 0.717) is 4.83 Å². The first kappa shape index (κ1) is 9.71. The van der Waals surface area contributed by atoms with Gasteiger partial charge in [0.05, 0.1) is 10.5 Å². The van der Waals surface area contributed by atoms with E-state index >= 15 is 0 Å². The Labute approximate surface area is 81.3 Å². The third-order valence-electron chi connectivity index (χ3n) is 1.70. The number of aromatic nitrogens is 3. The normalized spacial score (nSPS) is 13.2. The first-order valence-corrected chi connectivity index (χ1v) is 5.19. The molecule has 0 aromatic carbocycles. The standard InChI is InChI=1S/C8H14BrN3/c1-3-4-5-12-6-8(7(2)9)10-11-12/h6-7H,3-5H2,1-2H3. The SMILES string of the molecule is CCCCn1cc(C(C)Br)nn1. The summed E-state index contributed by atoms with van der Waals surface area (Å²) in [6.07, 6.45) is 4.35. The monoisotopic (exact) mass is 231 g/mol. The molecular formula is C8H14BrN3. The number of rotatable bonds is 4. The van der Waals surface area contributed by atoms with E-state index < -0.39 is 0 Å². The van der Waals surface area contributed by atoms with E-state index in [0.717, 1.165) is 12.2 Å². The fourth-order valence-electron chi connectivity index (χ4n) is 0.925. The summed E-state index contributed by atoms with van der Waals surface area (Å²) in [6.45, 7) is 5.20. The molecule has 0 aliphatic carbocycles. The van der Waals surface area contributed by atoms with Crippen molar-refractivity contribution in [2.45, 2.75) is 38.1 Å². The van der Waals surface area contributed by atoms with Gasteiger partial charge in [-0.2, -0.15) is 0 Å². The molecular weight excluding hydrogens is 218 g/mol. The van der Waals surface area contributed by atoms with Gasteiger partial charge in [-0.05, 0) is 13.3 Å². The minimum absolute atomic E-state index is 0.299. The zero-order valence-electron chi connectivity index (χ0n) is 7.50. The van der Waals surface area contributed by atoms with E-state index in [2.05, 4.69) is 33.2 Å². The first-order valence-electron chi connectivity index (χ1n) is 4.28. The largest absolute Gasteiger partial charge is 0.252 e. The van der Waals surface area contributed by atoms with E-state index in [4.69, 9.17) is 0 Å². The van der Waals surface area contributed by atoms with Gasteiger partial charge < -0.3 is 0 Å². The Kier molecular flexibility index (Phi) is 3.72. The van der Waals surface area contributed by atoms with E-state index in [1.807, 2.05) is 17.8 Å². The van der Waals surface area contributed by atoms with Crippen molar-refractivity contribution in [3.8, 4) is 0 Å². The fraction of sp³-hybridized carbons (Fsp3) is 0.750. The third kappa shape index (κ3) is 2.59. The lowest BCUT2D eigenvalue weighted by molar-refractivity contribution is 0.553. The lowest BCUT2D eigenvalue weighted by Crippen LogP contribution is -1.97. The van der Waals surface area contributed by atoms with Crippen LogP contribution in [-0.2, 0) is 6.54 Å². The maximum absolute atomic E-state index is 4.03. The molecule has 4 heteroatoms. The molecule has 1 unspecified atom stereocenters. The highest BCUT2D eigenvalue weighted by molar-refractivity contribution is 9.09. The van der Waals surface area contributed by atoms with Crippen molar-refractivity contribution in [1.29, 1.82) is 0 Å². The Morgan fingerprint density at radius 1 is 1.67 bits per heavy atom. The zero-order chi connectivity index (χ0) is 8.97. The van der Waals surface area contributed by atoms with Crippen molar-refractivity contribution in [3.63, 3.8) is 0 Å². The van der Waals surface area contributed by atoms with Crippen LogP contribution in [0.25, 0.3) is 0 Å². The Hall–Kier alpha value is -0.380. The Bertz CT molecular complexity index is 232. The molecule has 1 aromatic heterocycles. The molecule has 0 saturated carbocycles. The van der Waals surface area contributed by atoms with Crippen LogP contribution >= 0.6 is 15.9 Å². The average Bonchev–Trinajstić information content (AvgIpc) is 2.48. The van der Waals surface area contributed by atoms with Gasteiger partial charge in [0.15, 0.2) is 0 Å². The summed E-state index contributed by atoms with van der Waals surface area (Å²) >= 11 is 3.45. The average molecular weight is 232 g/mol. The predicted molar refractivity (Wildman–Crippen MR) is 52.3 cm³/mol. The topological polar surface area (TPSA) is 30.7 Å². The molecule has 12 heavy (non-hydrogen) atoms. The molecule has 0 saturated heterocycles. The van der Waals surface area contributed by atoms with Crippen LogP contribution in [0.3, 0.4) is 0 Å². The van der Waals surface area contributed by atoms with E-state index in [1.165, 1.54) is 12.8 Å². The molecule has 0 aliphatic heterocycles. The van der Waals surface area contributed by atoms with E-state index in [1.54, 1.807) is 0 Å². The van der Waals surface area contributed by atoms with Gasteiger partial charge in [0.2, 0.25) is 0 Å². The van der Waals surface area contributed by atoms with Crippen molar-refractivity contribution in [2.75, 3.05) is 0 Å². The number of aryl methyl sites for hydroxylation is 1. The van der Waals surface area contributed by atoms with Crippen LogP contribution < -0.4 is 0 Å². The van der Waals surface area contributed by atoms with Gasteiger partial charge in [-0.1, -0.05) is 34.5 Å². The fourth-order valence-corrected chi connectivity index (χ4v) is 1.13. The van der Waals surface area contributed by atoms with Crippen LogP contribution in [0.5, 0.6) is 0 Å². The molecule has 0 fully saturated rings. The van der Waals surface area contributed by atoms with E-state index in [-0.39, 0.29) is 0 Å². The number of nitrogens with zero attached hydrogens (tertiary/aromatic N) is 3. The predicted octanol–water partition coefficient (Wildman–Crippen LogP) is 2.53. The smallest absolute Gasteiger partial charge is 0.0960 e. The molecule has 0 N–H and O–H groups in total.